The van der Waals surface area contributed by atoms with Gasteiger partial charge in [-0.3, -0.25) is 5.41 Å². The number of hydrogen-bond acceptors (Lipinski definition) is 4. The van der Waals surface area contributed by atoms with Crippen LogP contribution in [0.25, 0.3) is 10.9 Å². The fourth-order valence-electron chi connectivity index (χ4n) is 2.32. The summed E-state index contributed by atoms with van der Waals surface area (Å²) in [5.41, 5.74) is 9.25. The van der Waals surface area contributed by atoms with Crippen molar-refractivity contribution >= 4 is 44.2 Å². The van der Waals surface area contributed by atoms with Crippen molar-refractivity contribution in [1.82, 2.24) is 9.40 Å². The number of nitrogens with one attached hydrogen (secondary N) is 2. The summed E-state index contributed by atoms with van der Waals surface area (Å²) in [4.78, 5) is 0. The van der Waals surface area contributed by atoms with E-state index in [1.54, 1.807) is 25.1 Å². The zero-order chi connectivity index (χ0) is 17.9. The summed E-state index contributed by atoms with van der Waals surface area (Å²) in [6, 6.07) is 5.03. The predicted octanol–water partition coefficient (Wildman–Crippen LogP) is 2.48. The van der Waals surface area contributed by atoms with Gasteiger partial charge in [-0.2, -0.15) is 5.10 Å². The Kier molecular flexibility index (Phi) is 5.51. The maximum atomic E-state index is 12.6. The smallest absolute Gasteiger partial charge is 0.238 e. The van der Waals surface area contributed by atoms with E-state index in [0.717, 1.165) is 6.42 Å². The number of benzene rings is 1. The lowest BCUT2D eigenvalue weighted by Gasteiger charge is -2.06. The van der Waals surface area contributed by atoms with Crippen LogP contribution >= 0.6 is 11.6 Å². The molecule has 0 saturated heterocycles. The highest BCUT2D eigenvalue weighted by Crippen LogP contribution is 2.27. The Morgan fingerprint density at radius 2 is 2.17 bits per heavy atom. The monoisotopic (exact) mass is 369 g/mol. The molecule has 0 aliphatic heterocycles. The third kappa shape index (κ3) is 3.88. The van der Waals surface area contributed by atoms with Crippen LogP contribution in [0.3, 0.4) is 0 Å². The van der Waals surface area contributed by atoms with E-state index in [-0.39, 0.29) is 11.7 Å². The van der Waals surface area contributed by atoms with Crippen molar-refractivity contribution in [3.05, 3.63) is 35.0 Å². The van der Waals surface area contributed by atoms with Gasteiger partial charge in [-0.05, 0) is 31.5 Å². The first-order valence-corrected chi connectivity index (χ1v) is 9.43. The fourth-order valence-corrected chi connectivity index (χ4v) is 4.07. The van der Waals surface area contributed by atoms with Crippen molar-refractivity contribution in [2.45, 2.75) is 26.7 Å². The van der Waals surface area contributed by atoms with E-state index < -0.39 is 10.0 Å². The van der Waals surface area contributed by atoms with Gasteiger partial charge in [-0.15, -0.1) is 0 Å². The Hall–Kier alpha value is -2.06. The molecule has 0 radical (unpaired) electrons. The number of aromatic nitrogens is 1. The van der Waals surface area contributed by atoms with Gasteiger partial charge in [-0.1, -0.05) is 24.9 Å². The number of guanidine groups is 1. The summed E-state index contributed by atoms with van der Waals surface area (Å²) in [7, 11) is -3.47. The molecule has 0 amide bonds. The predicted molar refractivity (Wildman–Crippen MR) is 98.3 cm³/mol. The zero-order valence-electron chi connectivity index (χ0n) is 13.5. The molecule has 0 aliphatic carbocycles. The molecule has 0 atom stereocenters. The highest BCUT2D eigenvalue weighted by molar-refractivity contribution is 7.90. The van der Waals surface area contributed by atoms with Crippen LogP contribution in [0.5, 0.6) is 0 Å². The van der Waals surface area contributed by atoms with Gasteiger partial charge in [0, 0.05) is 22.2 Å². The van der Waals surface area contributed by atoms with Crippen LogP contribution in [0.1, 0.15) is 32.3 Å². The van der Waals surface area contributed by atoms with Crippen molar-refractivity contribution in [2.75, 3.05) is 5.75 Å². The third-order valence-electron chi connectivity index (χ3n) is 3.52. The van der Waals surface area contributed by atoms with E-state index in [4.69, 9.17) is 22.7 Å². The van der Waals surface area contributed by atoms with Crippen LogP contribution in [0.15, 0.2) is 29.5 Å². The lowest BCUT2D eigenvalue weighted by Crippen LogP contribution is -2.26. The molecule has 9 heteroatoms. The first kappa shape index (κ1) is 18.3. The van der Waals surface area contributed by atoms with Crippen LogP contribution in [0.4, 0.5) is 0 Å². The summed E-state index contributed by atoms with van der Waals surface area (Å²) in [5.74, 6) is -0.233. The molecule has 0 bridgehead atoms. The normalized spacial score (nSPS) is 12.5. The molecule has 2 aromatic rings. The second-order valence-electron chi connectivity index (χ2n) is 5.39. The molecule has 7 nitrogen and oxygen atoms in total. The molecule has 2 rings (SSSR count). The maximum Gasteiger partial charge on any atom is 0.238 e. The lowest BCUT2D eigenvalue weighted by molar-refractivity contribution is 0.585. The molecular weight excluding hydrogens is 350 g/mol. The number of hydrazone groups is 1. The number of rotatable bonds is 6. The average molecular weight is 370 g/mol. The van der Waals surface area contributed by atoms with E-state index >= 15 is 0 Å². The van der Waals surface area contributed by atoms with Crippen molar-refractivity contribution in [3.8, 4) is 0 Å². The molecule has 0 spiro atoms. The molecule has 0 saturated carbocycles. The van der Waals surface area contributed by atoms with Crippen LogP contribution in [-0.2, 0) is 10.0 Å². The quantitative estimate of drug-likeness (QED) is 0.412. The Labute approximate surface area is 146 Å². The third-order valence-corrected chi connectivity index (χ3v) is 5.46. The second-order valence-corrected chi connectivity index (χ2v) is 7.79. The minimum Gasteiger partial charge on any atom is -0.369 e. The van der Waals surface area contributed by atoms with E-state index in [2.05, 4.69) is 10.5 Å². The SMILES string of the molecule is CCCCS(=O)(=O)n1cc(C(C)=NNC(=N)N)c2cc(Cl)ccc21. The molecule has 0 fully saturated rings. The number of nitrogens with two attached hydrogens (primary N) is 1. The van der Waals surface area contributed by atoms with Gasteiger partial charge in [0.05, 0.1) is 17.0 Å². The number of unbranched alkanes of at least 4 members (excludes halogenated alkanes) is 1. The van der Waals surface area contributed by atoms with Crippen LogP contribution in [-0.4, -0.2) is 29.8 Å². The minimum atomic E-state index is -3.47. The van der Waals surface area contributed by atoms with Crippen molar-refractivity contribution in [1.29, 1.82) is 5.41 Å². The maximum absolute atomic E-state index is 12.6. The van der Waals surface area contributed by atoms with Gasteiger partial charge in [0.1, 0.15) is 0 Å². The summed E-state index contributed by atoms with van der Waals surface area (Å²) >= 11 is 6.06. The Morgan fingerprint density at radius 1 is 1.46 bits per heavy atom. The summed E-state index contributed by atoms with van der Waals surface area (Å²) < 4.78 is 26.5. The molecule has 0 unspecified atom stereocenters. The molecule has 0 aliphatic rings. The standard InChI is InChI=1S/C15H20ClN5O2S/c1-3-4-7-24(22,23)21-9-13(10(2)19-20-15(17)18)12-8-11(16)5-6-14(12)21/h5-6,8-9H,3-4,7H2,1-2H3,(H4,17,18,20). The molecule has 4 N–H and O–H groups in total. The molecule has 1 aromatic carbocycles. The Morgan fingerprint density at radius 3 is 2.79 bits per heavy atom. The number of hydrogen-bond donors (Lipinski definition) is 3. The van der Waals surface area contributed by atoms with Crippen LogP contribution in [0.2, 0.25) is 5.02 Å². The summed E-state index contributed by atoms with van der Waals surface area (Å²) in [6.45, 7) is 3.65. The van der Waals surface area contributed by atoms with Crippen molar-refractivity contribution < 1.29 is 8.42 Å². The highest BCUT2D eigenvalue weighted by Gasteiger charge is 2.20. The second kappa shape index (κ2) is 7.23. The molecule has 1 aromatic heterocycles. The number of halogens is 1. The first-order chi connectivity index (χ1) is 11.3. The highest BCUT2D eigenvalue weighted by atomic mass is 35.5. The van der Waals surface area contributed by atoms with Gasteiger partial charge >= 0.3 is 0 Å². The van der Waals surface area contributed by atoms with Gasteiger partial charge in [-0.25, -0.2) is 17.8 Å². The number of fused-ring (bicyclic) bond motifs is 1. The Balaban J connectivity index is 2.63. The van der Waals surface area contributed by atoms with Gasteiger partial charge < -0.3 is 5.73 Å². The van der Waals surface area contributed by atoms with Gasteiger partial charge in [0.15, 0.2) is 0 Å². The summed E-state index contributed by atoms with van der Waals surface area (Å²) in [6.07, 6.45) is 2.91. The largest absolute Gasteiger partial charge is 0.369 e. The lowest BCUT2D eigenvalue weighted by atomic mass is 10.1. The molecule has 1 heterocycles. The average Bonchev–Trinajstić information content (AvgIpc) is 2.90. The van der Waals surface area contributed by atoms with E-state index in [1.165, 1.54) is 10.2 Å². The number of nitrogens with zero attached hydrogens (tertiary/aromatic N) is 2. The van der Waals surface area contributed by atoms with E-state index in [1.807, 2.05) is 6.92 Å². The van der Waals surface area contributed by atoms with Crippen LogP contribution in [0, 0.1) is 5.41 Å². The van der Waals surface area contributed by atoms with Crippen molar-refractivity contribution in [3.63, 3.8) is 0 Å². The summed E-state index contributed by atoms with van der Waals surface area (Å²) in [5, 5.41) is 12.3. The van der Waals surface area contributed by atoms with E-state index in [0.29, 0.717) is 33.6 Å². The topological polar surface area (TPSA) is 113 Å². The van der Waals surface area contributed by atoms with Crippen LogP contribution < -0.4 is 11.2 Å². The molecular formula is C15H20ClN5O2S. The fraction of sp³-hybridized carbons (Fsp3) is 0.333. The minimum absolute atomic E-state index is 0.0667. The van der Waals surface area contributed by atoms with Gasteiger partial charge in [0.25, 0.3) is 0 Å². The molecule has 24 heavy (non-hydrogen) atoms. The van der Waals surface area contributed by atoms with Gasteiger partial charge in [0.2, 0.25) is 16.0 Å². The van der Waals surface area contributed by atoms with E-state index in [9.17, 15) is 8.42 Å². The molecule has 130 valence electrons. The van der Waals surface area contributed by atoms with Crippen molar-refractivity contribution in [2.24, 2.45) is 10.8 Å². The Bertz CT molecular complexity index is 902. The zero-order valence-corrected chi connectivity index (χ0v) is 15.1. The first-order valence-electron chi connectivity index (χ1n) is 7.45.